The van der Waals surface area contributed by atoms with Gasteiger partial charge in [0.1, 0.15) is 41.3 Å². The number of carbonyl (C=O) groups excluding carboxylic acids is 6. The van der Waals surface area contributed by atoms with E-state index in [4.69, 9.17) is 26.7 Å². The summed E-state index contributed by atoms with van der Waals surface area (Å²) in [5.41, 5.74) is 18.4. The Labute approximate surface area is 362 Å². The number of aromatic hydroxyl groups is 1. The molecule has 0 aromatic heterocycles. The largest absolute Gasteiger partial charge is 0.508 e. The third-order valence-electron chi connectivity index (χ3n) is 9.39. The Balaban J connectivity index is 1.91. The zero-order chi connectivity index (χ0) is 45.8. The van der Waals surface area contributed by atoms with Gasteiger partial charge in [0.15, 0.2) is 5.96 Å². The number of nitrogens with one attached hydrogen (secondary N) is 5. The van der Waals surface area contributed by atoms with Crippen LogP contribution in [0.15, 0.2) is 77.8 Å². The first-order chi connectivity index (χ1) is 29.3. The Morgan fingerprint density at radius 1 is 0.677 bits per heavy atom. The van der Waals surface area contributed by atoms with Crippen molar-refractivity contribution >= 4 is 41.8 Å². The van der Waals surface area contributed by atoms with Crippen molar-refractivity contribution in [2.75, 3.05) is 13.1 Å². The van der Waals surface area contributed by atoms with Crippen LogP contribution in [0, 0.1) is 13.8 Å². The van der Waals surface area contributed by atoms with Crippen molar-refractivity contribution in [3.05, 3.63) is 95.1 Å². The second-order valence-electron chi connectivity index (χ2n) is 15.8. The molecule has 3 rings (SSSR count). The number of ether oxygens (including phenoxy) is 2. The van der Waals surface area contributed by atoms with Gasteiger partial charge in [-0.25, -0.2) is 9.59 Å². The van der Waals surface area contributed by atoms with E-state index in [-0.39, 0.29) is 56.9 Å². The van der Waals surface area contributed by atoms with E-state index in [0.29, 0.717) is 35.3 Å². The van der Waals surface area contributed by atoms with Crippen LogP contribution in [0.5, 0.6) is 11.5 Å². The summed E-state index contributed by atoms with van der Waals surface area (Å²) in [5, 5.41) is 23.7. The summed E-state index contributed by atoms with van der Waals surface area (Å²) in [5.74, 6) is -2.77. The summed E-state index contributed by atoms with van der Waals surface area (Å²) in [4.78, 5) is 84.3. The molecule has 0 unspecified atom stereocenters. The Kier molecular flexibility index (Phi) is 19.5. The van der Waals surface area contributed by atoms with E-state index < -0.39 is 65.6 Å². The summed E-state index contributed by atoms with van der Waals surface area (Å²) >= 11 is 0. The summed E-state index contributed by atoms with van der Waals surface area (Å²) in [6.45, 7) is 8.81. The van der Waals surface area contributed by atoms with Crippen molar-refractivity contribution < 1.29 is 43.3 Å². The number of amides is 6. The van der Waals surface area contributed by atoms with E-state index in [0.717, 1.165) is 5.56 Å². The minimum absolute atomic E-state index is 0.00949. The minimum Gasteiger partial charge on any atom is -0.508 e. The smallest absolute Gasteiger partial charge is 0.412 e. The van der Waals surface area contributed by atoms with Crippen molar-refractivity contribution in [1.29, 1.82) is 0 Å². The number of phenols is 1. The third-order valence-corrected chi connectivity index (χ3v) is 9.39. The summed E-state index contributed by atoms with van der Waals surface area (Å²) in [7, 11) is 0. The standard InChI is InChI=1S/C44H61N9O9/c1-27-23-30(54)24-28(2)32(27)26-36(52-39(57)34(20-14-22-48-41(46)47)53-43(60)62-44(3,4)5)40(58)50-33(19-12-13-21-49-42(59)61-31-17-10-7-11-18-31)38(56)51-35(37(45)55)25-29-15-8-6-9-16-29/h6-11,15-18,23-24,33-36,54H,12-14,19-22,25-26H2,1-5H3,(H2,45,55)(H,49,59)(H,50,58)(H,51,56)(H,52,57)(H,53,60)(H4,46,47,48)/t33-,34+,35-,36-/m0/s1. The van der Waals surface area contributed by atoms with Crippen LogP contribution in [0.25, 0.3) is 0 Å². The highest BCUT2D eigenvalue weighted by Crippen LogP contribution is 2.23. The van der Waals surface area contributed by atoms with Gasteiger partial charge in [-0.05, 0) is 113 Å². The van der Waals surface area contributed by atoms with Gasteiger partial charge >= 0.3 is 12.2 Å². The molecule has 0 fully saturated rings. The van der Waals surface area contributed by atoms with E-state index in [1.165, 1.54) is 12.1 Å². The van der Waals surface area contributed by atoms with Crippen molar-refractivity contribution in [2.45, 2.75) is 109 Å². The highest BCUT2D eigenvalue weighted by molar-refractivity contribution is 5.95. The fourth-order valence-electron chi connectivity index (χ4n) is 6.38. The molecule has 0 bridgehead atoms. The number of aliphatic imine (C=N–C) groups is 1. The number of hydrogen-bond acceptors (Lipinski definition) is 10. The SMILES string of the molecule is Cc1cc(O)cc(C)c1C[C@H](NC(=O)[C@@H](CCCN=C(N)N)NC(=O)OC(C)(C)C)C(=O)N[C@@H](CCCCNC(=O)Oc1ccccc1)C(=O)N[C@@H](Cc1ccccc1)C(N)=O. The Morgan fingerprint density at radius 2 is 1.21 bits per heavy atom. The first-order valence-electron chi connectivity index (χ1n) is 20.4. The van der Waals surface area contributed by atoms with Crippen LogP contribution in [0.3, 0.4) is 0 Å². The molecule has 0 spiro atoms. The Bertz CT molecular complexity index is 1980. The number of phenolic OH excluding ortho intramolecular Hbond substituents is 1. The number of unbranched alkanes of at least 4 members (excludes halogenated alkanes) is 1. The number of nitrogens with zero attached hydrogens (tertiary/aromatic N) is 1. The second kappa shape index (κ2) is 24.4. The van der Waals surface area contributed by atoms with E-state index in [1.807, 2.05) is 6.07 Å². The molecule has 3 aromatic carbocycles. The fraction of sp³-hybridized carbons (Fsp3) is 0.432. The predicted molar refractivity (Wildman–Crippen MR) is 234 cm³/mol. The number of para-hydroxylation sites is 1. The number of alkyl carbamates (subject to hydrolysis) is 1. The molecule has 0 aliphatic heterocycles. The predicted octanol–water partition coefficient (Wildman–Crippen LogP) is 2.64. The number of guanidine groups is 1. The zero-order valence-electron chi connectivity index (χ0n) is 36.0. The topological polar surface area (TPSA) is 292 Å². The summed E-state index contributed by atoms with van der Waals surface area (Å²) < 4.78 is 10.7. The van der Waals surface area contributed by atoms with Crippen LogP contribution in [0.2, 0.25) is 0 Å². The van der Waals surface area contributed by atoms with E-state index >= 15 is 0 Å². The molecule has 0 aliphatic carbocycles. The number of primary amides is 1. The molecule has 0 saturated heterocycles. The molecule has 6 amide bonds. The normalized spacial score (nSPS) is 12.9. The maximum absolute atomic E-state index is 14.4. The number of carbonyl (C=O) groups is 6. The maximum Gasteiger partial charge on any atom is 0.412 e. The lowest BCUT2D eigenvalue weighted by atomic mass is 9.95. The van der Waals surface area contributed by atoms with Gasteiger partial charge in [0.2, 0.25) is 23.6 Å². The first-order valence-corrected chi connectivity index (χ1v) is 20.4. The van der Waals surface area contributed by atoms with Gasteiger partial charge in [0.25, 0.3) is 0 Å². The molecular formula is C44H61N9O9. The molecule has 62 heavy (non-hydrogen) atoms. The van der Waals surface area contributed by atoms with Crippen LogP contribution in [0.4, 0.5) is 9.59 Å². The highest BCUT2D eigenvalue weighted by Gasteiger charge is 2.32. The average molecular weight is 860 g/mol. The molecule has 4 atom stereocenters. The molecule has 0 aliphatic rings. The first kappa shape index (κ1) is 49.5. The van der Waals surface area contributed by atoms with Gasteiger partial charge in [-0.2, -0.15) is 0 Å². The number of aryl methyl sites for hydroxylation is 2. The van der Waals surface area contributed by atoms with E-state index in [9.17, 15) is 33.9 Å². The molecule has 18 nitrogen and oxygen atoms in total. The van der Waals surface area contributed by atoms with Gasteiger partial charge in [0, 0.05) is 25.9 Å². The summed E-state index contributed by atoms with van der Waals surface area (Å²) in [6, 6.07) is 15.6. The number of benzene rings is 3. The molecule has 0 saturated carbocycles. The maximum atomic E-state index is 14.4. The number of rotatable bonds is 22. The molecular weight excluding hydrogens is 799 g/mol. The lowest BCUT2D eigenvalue weighted by molar-refractivity contribution is -0.133. The summed E-state index contributed by atoms with van der Waals surface area (Å²) in [6.07, 6.45) is -0.472. The van der Waals surface area contributed by atoms with Gasteiger partial charge in [0.05, 0.1) is 0 Å². The van der Waals surface area contributed by atoms with Crippen LogP contribution in [0.1, 0.15) is 75.1 Å². The van der Waals surface area contributed by atoms with Gasteiger partial charge < -0.3 is 58.4 Å². The number of nitrogens with two attached hydrogens (primary N) is 3. The quantitative estimate of drug-likeness (QED) is 0.0402. The van der Waals surface area contributed by atoms with Crippen molar-refractivity contribution in [3.63, 3.8) is 0 Å². The van der Waals surface area contributed by atoms with Crippen molar-refractivity contribution in [2.24, 2.45) is 22.2 Å². The molecule has 0 radical (unpaired) electrons. The second-order valence-corrected chi connectivity index (χ2v) is 15.8. The van der Waals surface area contributed by atoms with Gasteiger partial charge in [-0.1, -0.05) is 48.5 Å². The molecule has 336 valence electrons. The van der Waals surface area contributed by atoms with Crippen LogP contribution < -0.4 is 48.5 Å². The van der Waals surface area contributed by atoms with Crippen LogP contribution in [-0.2, 0) is 36.8 Å². The lowest BCUT2D eigenvalue weighted by Gasteiger charge is -2.27. The van der Waals surface area contributed by atoms with Gasteiger partial charge in [-0.15, -0.1) is 0 Å². The van der Waals surface area contributed by atoms with Crippen LogP contribution >= 0.6 is 0 Å². The average Bonchev–Trinajstić information content (AvgIpc) is 3.18. The zero-order valence-corrected chi connectivity index (χ0v) is 36.0. The van der Waals surface area contributed by atoms with Crippen molar-refractivity contribution in [3.8, 4) is 11.5 Å². The number of hydrogen-bond donors (Lipinski definition) is 9. The van der Waals surface area contributed by atoms with Crippen molar-refractivity contribution in [1.82, 2.24) is 26.6 Å². The molecule has 12 N–H and O–H groups in total. The fourth-order valence-corrected chi connectivity index (χ4v) is 6.38. The van der Waals surface area contributed by atoms with E-state index in [2.05, 4.69) is 31.6 Å². The molecule has 3 aromatic rings. The van der Waals surface area contributed by atoms with E-state index in [1.54, 1.807) is 89.2 Å². The molecule has 0 heterocycles. The van der Waals surface area contributed by atoms with Crippen LogP contribution in [-0.4, -0.2) is 89.7 Å². The van der Waals surface area contributed by atoms with Gasteiger partial charge in [-0.3, -0.25) is 24.2 Å². The highest BCUT2D eigenvalue weighted by atomic mass is 16.6. The Hall–Kier alpha value is -6.85. The Morgan fingerprint density at radius 3 is 1.79 bits per heavy atom. The minimum atomic E-state index is -1.33. The molecule has 18 heteroatoms. The third kappa shape index (κ3) is 18.2. The lowest BCUT2D eigenvalue weighted by Crippen LogP contribution is -2.59. The monoisotopic (exact) mass is 859 g/mol.